The van der Waals surface area contributed by atoms with Crippen LogP contribution in [0.2, 0.25) is 0 Å². The van der Waals surface area contributed by atoms with Crippen LogP contribution >= 0.6 is 0 Å². The molecule has 1 saturated carbocycles. The summed E-state index contributed by atoms with van der Waals surface area (Å²) in [5.41, 5.74) is 6.97. The summed E-state index contributed by atoms with van der Waals surface area (Å²) in [4.78, 5) is 17.0. The van der Waals surface area contributed by atoms with Crippen molar-refractivity contribution >= 4 is 11.6 Å². The Morgan fingerprint density at radius 3 is 2.32 bits per heavy atom. The van der Waals surface area contributed by atoms with E-state index in [-0.39, 0.29) is 23.8 Å². The summed E-state index contributed by atoms with van der Waals surface area (Å²) >= 11 is 0. The van der Waals surface area contributed by atoms with Gasteiger partial charge in [0.2, 0.25) is 5.91 Å². The largest absolute Gasteiger partial charge is 0.369 e. The van der Waals surface area contributed by atoms with Crippen LogP contribution in [0.15, 0.2) is 24.3 Å². The van der Waals surface area contributed by atoms with E-state index in [0.29, 0.717) is 6.04 Å². The number of carbonyl (C=O) groups is 1. The monoisotopic (exact) mass is 348 g/mol. The first kappa shape index (κ1) is 18.1. The van der Waals surface area contributed by atoms with E-state index in [1.807, 2.05) is 19.1 Å². The van der Waals surface area contributed by atoms with Crippen LogP contribution in [-0.2, 0) is 4.79 Å². The molecule has 1 heterocycles. The Morgan fingerprint density at radius 2 is 1.72 bits per heavy atom. The van der Waals surface area contributed by atoms with Gasteiger partial charge >= 0.3 is 0 Å². The highest BCUT2D eigenvalue weighted by molar-refractivity contribution is 5.81. The van der Waals surface area contributed by atoms with Gasteiger partial charge in [-0.15, -0.1) is 0 Å². The molecule has 0 bridgehead atoms. The number of hydrogen-bond acceptors (Lipinski definition) is 4. The summed E-state index contributed by atoms with van der Waals surface area (Å²) in [6.07, 6.45) is 3.96. The third-order valence-electron chi connectivity index (χ3n) is 5.55. The molecule has 1 amide bonds. The van der Waals surface area contributed by atoms with Crippen molar-refractivity contribution in [2.24, 2.45) is 5.73 Å². The summed E-state index contributed by atoms with van der Waals surface area (Å²) in [5.74, 6) is -0.0907. The van der Waals surface area contributed by atoms with E-state index in [9.17, 15) is 9.18 Å². The fraction of sp³-hybridized carbons (Fsp3) is 0.632. The summed E-state index contributed by atoms with van der Waals surface area (Å²) in [7, 11) is 0. The molecular weight excluding hydrogens is 319 g/mol. The number of nitrogens with one attached hydrogen (secondary N) is 1. The lowest BCUT2D eigenvalue weighted by atomic mass is 9.91. The zero-order valence-electron chi connectivity index (χ0n) is 15.0. The molecule has 1 saturated heterocycles. The standard InChI is InChI=1S/C19H29FN4O/c1-14(19(25)22-17-6-4-16(21)5-7-17)23-10-12-24(13-11-23)18-8-2-15(20)3-9-18/h2-3,8-9,14,16-17H,4-7,10-13,21H2,1H3,(H,22,25). The topological polar surface area (TPSA) is 61.6 Å². The van der Waals surface area contributed by atoms with Gasteiger partial charge < -0.3 is 16.0 Å². The van der Waals surface area contributed by atoms with Crippen molar-refractivity contribution in [2.75, 3.05) is 31.1 Å². The minimum atomic E-state index is -0.212. The molecule has 138 valence electrons. The van der Waals surface area contributed by atoms with Gasteiger partial charge in [0.15, 0.2) is 0 Å². The van der Waals surface area contributed by atoms with Gasteiger partial charge in [0.25, 0.3) is 0 Å². The van der Waals surface area contributed by atoms with Gasteiger partial charge in [-0.25, -0.2) is 4.39 Å². The molecule has 2 aliphatic rings. The molecule has 3 rings (SSSR count). The van der Waals surface area contributed by atoms with Crippen LogP contribution < -0.4 is 16.0 Å². The first-order chi connectivity index (χ1) is 12.0. The number of halogens is 1. The Balaban J connectivity index is 1.46. The molecule has 0 radical (unpaired) electrons. The number of piperazine rings is 1. The first-order valence-corrected chi connectivity index (χ1v) is 9.33. The summed E-state index contributed by atoms with van der Waals surface area (Å²) in [6.45, 7) is 5.35. The highest BCUT2D eigenvalue weighted by Gasteiger charge is 2.28. The zero-order valence-corrected chi connectivity index (χ0v) is 15.0. The molecule has 5 nitrogen and oxygen atoms in total. The lowest BCUT2D eigenvalue weighted by Gasteiger charge is -2.39. The fourth-order valence-corrected chi connectivity index (χ4v) is 3.77. The van der Waals surface area contributed by atoms with Gasteiger partial charge in [-0.3, -0.25) is 9.69 Å². The summed E-state index contributed by atoms with van der Waals surface area (Å²) < 4.78 is 13.0. The van der Waals surface area contributed by atoms with E-state index < -0.39 is 0 Å². The minimum absolute atomic E-state index is 0.119. The number of nitrogens with two attached hydrogens (primary N) is 1. The van der Waals surface area contributed by atoms with Crippen molar-refractivity contribution in [1.29, 1.82) is 0 Å². The van der Waals surface area contributed by atoms with Crippen molar-refractivity contribution in [1.82, 2.24) is 10.2 Å². The molecule has 1 aromatic rings. The van der Waals surface area contributed by atoms with Crippen molar-refractivity contribution in [3.05, 3.63) is 30.1 Å². The van der Waals surface area contributed by atoms with Crippen LogP contribution in [0.1, 0.15) is 32.6 Å². The lowest BCUT2D eigenvalue weighted by molar-refractivity contribution is -0.127. The average molecular weight is 348 g/mol. The molecule has 6 heteroatoms. The lowest BCUT2D eigenvalue weighted by Crippen LogP contribution is -2.55. The van der Waals surface area contributed by atoms with Crippen LogP contribution in [0.25, 0.3) is 0 Å². The smallest absolute Gasteiger partial charge is 0.237 e. The van der Waals surface area contributed by atoms with E-state index >= 15 is 0 Å². The molecular formula is C19H29FN4O. The van der Waals surface area contributed by atoms with Gasteiger partial charge in [0.1, 0.15) is 5.82 Å². The summed E-state index contributed by atoms with van der Waals surface area (Å²) in [5, 5.41) is 3.19. The van der Waals surface area contributed by atoms with Gasteiger partial charge in [0, 0.05) is 44.0 Å². The Labute approximate surface area is 149 Å². The first-order valence-electron chi connectivity index (χ1n) is 9.33. The third-order valence-corrected chi connectivity index (χ3v) is 5.55. The Hall–Kier alpha value is -1.66. The fourth-order valence-electron chi connectivity index (χ4n) is 3.77. The predicted molar refractivity (Wildman–Crippen MR) is 98.0 cm³/mol. The number of benzene rings is 1. The average Bonchev–Trinajstić information content (AvgIpc) is 2.64. The number of carbonyl (C=O) groups excluding carboxylic acids is 1. The maximum Gasteiger partial charge on any atom is 0.237 e. The van der Waals surface area contributed by atoms with Gasteiger partial charge in [0.05, 0.1) is 6.04 Å². The summed E-state index contributed by atoms with van der Waals surface area (Å²) in [6, 6.07) is 7.07. The maximum atomic E-state index is 13.0. The predicted octanol–water partition coefficient (Wildman–Crippen LogP) is 1.72. The van der Waals surface area contributed by atoms with E-state index in [1.54, 1.807) is 0 Å². The molecule has 1 atom stereocenters. The molecule has 1 aromatic carbocycles. The molecule has 3 N–H and O–H groups in total. The maximum absolute atomic E-state index is 13.0. The second-order valence-electron chi connectivity index (χ2n) is 7.30. The van der Waals surface area contributed by atoms with Gasteiger partial charge in [-0.05, 0) is 56.9 Å². The minimum Gasteiger partial charge on any atom is -0.369 e. The zero-order chi connectivity index (χ0) is 17.8. The van der Waals surface area contributed by atoms with Crippen molar-refractivity contribution in [3.63, 3.8) is 0 Å². The molecule has 25 heavy (non-hydrogen) atoms. The third kappa shape index (κ3) is 4.70. The van der Waals surface area contributed by atoms with E-state index in [4.69, 9.17) is 5.73 Å². The number of nitrogens with zero attached hydrogens (tertiary/aromatic N) is 2. The highest BCUT2D eigenvalue weighted by Crippen LogP contribution is 2.19. The molecule has 1 unspecified atom stereocenters. The number of rotatable bonds is 4. The van der Waals surface area contributed by atoms with Gasteiger partial charge in [-0.2, -0.15) is 0 Å². The van der Waals surface area contributed by atoms with Crippen LogP contribution in [0, 0.1) is 5.82 Å². The molecule has 0 aromatic heterocycles. The Bertz CT molecular complexity index is 563. The normalized spacial score (nSPS) is 26.3. The van der Waals surface area contributed by atoms with Crippen LogP contribution in [0.3, 0.4) is 0 Å². The number of hydrogen-bond donors (Lipinski definition) is 2. The van der Waals surface area contributed by atoms with Crippen molar-refractivity contribution < 1.29 is 9.18 Å². The van der Waals surface area contributed by atoms with Crippen molar-refractivity contribution in [2.45, 2.75) is 50.7 Å². The van der Waals surface area contributed by atoms with E-state index in [0.717, 1.165) is 57.5 Å². The van der Waals surface area contributed by atoms with Crippen LogP contribution in [-0.4, -0.2) is 55.1 Å². The number of anilines is 1. The number of amides is 1. The van der Waals surface area contributed by atoms with E-state index in [2.05, 4.69) is 15.1 Å². The Kier molecular flexibility index (Phi) is 5.91. The SMILES string of the molecule is CC(C(=O)NC1CCC(N)CC1)N1CCN(c2ccc(F)cc2)CC1. The van der Waals surface area contributed by atoms with Crippen LogP contribution in [0.5, 0.6) is 0 Å². The molecule has 2 fully saturated rings. The van der Waals surface area contributed by atoms with E-state index in [1.165, 1.54) is 12.1 Å². The van der Waals surface area contributed by atoms with Crippen LogP contribution in [0.4, 0.5) is 10.1 Å². The molecule has 0 spiro atoms. The quantitative estimate of drug-likeness (QED) is 0.870. The second kappa shape index (κ2) is 8.15. The van der Waals surface area contributed by atoms with Crippen molar-refractivity contribution in [3.8, 4) is 0 Å². The molecule has 1 aliphatic carbocycles. The highest BCUT2D eigenvalue weighted by atomic mass is 19.1. The Morgan fingerprint density at radius 1 is 1.12 bits per heavy atom. The molecule has 1 aliphatic heterocycles. The second-order valence-corrected chi connectivity index (χ2v) is 7.30. The van der Waals surface area contributed by atoms with Gasteiger partial charge in [-0.1, -0.05) is 0 Å².